The van der Waals surface area contributed by atoms with Gasteiger partial charge in [0.05, 0.1) is 11.9 Å². The molecule has 0 bridgehead atoms. The monoisotopic (exact) mass is 269 g/mol. The van der Waals surface area contributed by atoms with Crippen molar-refractivity contribution in [1.82, 2.24) is 15.0 Å². The van der Waals surface area contributed by atoms with Crippen LogP contribution in [0.4, 0.5) is 0 Å². The molecule has 0 radical (unpaired) electrons. The molecule has 0 fully saturated rings. The molecule has 1 aromatic heterocycles. The minimum Gasteiger partial charge on any atom is -0.307 e. The zero-order valence-corrected chi connectivity index (χ0v) is 11.3. The van der Waals surface area contributed by atoms with E-state index in [2.05, 4.69) is 21.1 Å². The molecule has 0 aliphatic heterocycles. The third kappa shape index (κ3) is 3.76. The molecule has 1 aromatic rings. The average molecular weight is 269 g/mol. The largest absolute Gasteiger partial charge is 0.307 e. The van der Waals surface area contributed by atoms with Crippen LogP contribution in [0.2, 0.25) is 0 Å². The fraction of sp³-hybridized carbons (Fsp3) is 0.583. The Hall–Kier alpha value is -0.980. The van der Waals surface area contributed by atoms with Gasteiger partial charge in [0.2, 0.25) is 10.0 Å². The van der Waals surface area contributed by atoms with Crippen molar-refractivity contribution in [2.45, 2.75) is 25.3 Å². The van der Waals surface area contributed by atoms with Crippen LogP contribution in [0.25, 0.3) is 0 Å². The highest BCUT2D eigenvalue weighted by Crippen LogP contribution is 2.27. The third-order valence-electron chi connectivity index (χ3n) is 3.08. The topological polar surface area (TPSA) is 71.1 Å². The van der Waals surface area contributed by atoms with Crippen molar-refractivity contribution in [3.63, 3.8) is 0 Å². The van der Waals surface area contributed by atoms with Crippen LogP contribution < -0.4 is 10.0 Å². The van der Waals surface area contributed by atoms with E-state index in [9.17, 15) is 8.42 Å². The molecule has 2 N–H and O–H groups in total. The van der Waals surface area contributed by atoms with Gasteiger partial charge in [0.25, 0.3) is 0 Å². The second-order valence-electron chi connectivity index (χ2n) is 4.61. The fourth-order valence-corrected chi connectivity index (χ4v) is 2.76. The van der Waals surface area contributed by atoms with Gasteiger partial charge in [-0.3, -0.25) is 4.98 Å². The van der Waals surface area contributed by atoms with E-state index in [1.54, 1.807) is 0 Å². The summed E-state index contributed by atoms with van der Waals surface area (Å²) in [6.07, 6.45) is 6.28. The Labute approximate surface area is 108 Å². The van der Waals surface area contributed by atoms with Gasteiger partial charge >= 0.3 is 0 Å². The summed E-state index contributed by atoms with van der Waals surface area (Å²) in [5.41, 5.74) is 2.42. The zero-order valence-electron chi connectivity index (χ0n) is 10.5. The van der Waals surface area contributed by atoms with Gasteiger partial charge < -0.3 is 5.32 Å². The number of aryl methyl sites for hydroxylation is 1. The Bertz CT molecular complexity index is 502. The average Bonchev–Trinajstić information content (AvgIpc) is 2.33. The molecule has 1 unspecified atom stereocenters. The molecule has 6 heteroatoms. The Morgan fingerprint density at radius 1 is 1.44 bits per heavy atom. The number of hydrogen-bond acceptors (Lipinski definition) is 4. The molecular weight excluding hydrogens is 250 g/mol. The Balaban J connectivity index is 1.88. The highest BCUT2D eigenvalue weighted by Gasteiger charge is 2.20. The quantitative estimate of drug-likeness (QED) is 0.768. The van der Waals surface area contributed by atoms with Gasteiger partial charge in [0, 0.05) is 25.3 Å². The Morgan fingerprint density at radius 2 is 2.28 bits per heavy atom. The van der Waals surface area contributed by atoms with E-state index in [-0.39, 0.29) is 6.04 Å². The van der Waals surface area contributed by atoms with E-state index in [4.69, 9.17) is 0 Å². The third-order valence-corrected chi connectivity index (χ3v) is 3.80. The van der Waals surface area contributed by atoms with Gasteiger partial charge in [-0.25, -0.2) is 13.1 Å². The molecule has 100 valence electrons. The molecule has 0 amide bonds. The van der Waals surface area contributed by atoms with Crippen LogP contribution in [0, 0.1) is 0 Å². The maximum Gasteiger partial charge on any atom is 0.208 e. The first-order valence-electron chi connectivity index (χ1n) is 6.18. The summed E-state index contributed by atoms with van der Waals surface area (Å²) in [5.74, 6) is 0. The number of sulfonamides is 1. The molecule has 0 spiro atoms. The fourth-order valence-electron chi connectivity index (χ4n) is 2.29. The van der Waals surface area contributed by atoms with E-state index < -0.39 is 10.0 Å². The van der Waals surface area contributed by atoms with E-state index >= 15 is 0 Å². The van der Waals surface area contributed by atoms with Crippen molar-refractivity contribution in [3.8, 4) is 0 Å². The van der Waals surface area contributed by atoms with Crippen LogP contribution in [0.3, 0.4) is 0 Å². The lowest BCUT2D eigenvalue weighted by atomic mass is 9.92. The predicted octanol–water partition coefficient (Wildman–Crippen LogP) is 0.598. The summed E-state index contributed by atoms with van der Waals surface area (Å²) < 4.78 is 24.3. The molecule has 1 heterocycles. The van der Waals surface area contributed by atoms with Crippen LogP contribution in [-0.2, 0) is 16.4 Å². The molecule has 0 aromatic carbocycles. The summed E-state index contributed by atoms with van der Waals surface area (Å²) in [6, 6.07) is 4.33. The normalized spacial score (nSPS) is 19.5. The molecular formula is C12H19N3O2S. The second kappa shape index (κ2) is 5.77. The van der Waals surface area contributed by atoms with Crippen molar-refractivity contribution < 1.29 is 8.42 Å². The number of rotatable bonds is 5. The molecule has 0 saturated heterocycles. The predicted molar refractivity (Wildman–Crippen MR) is 70.8 cm³/mol. The summed E-state index contributed by atoms with van der Waals surface area (Å²) >= 11 is 0. The van der Waals surface area contributed by atoms with Crippen LogP contribution >= 0.6 is 0 Å². The van der Waals surface area contributed by atoms with Crippen molar-refractivity contribution in [1.29, 1.82) is 0 Å². The molecule has 1 aliphatic rings. The maximum absolute atomic E-state index is 10.9. The summed E-state index contributed by atoms with van der Waals surface area (Å²) in [5, 5.41) is 3.36. The van der Waals surface area contributed by atoms with Gasteiger partial charge in [-0.15, -0.1) is 0 Å². The number of aromatic nitrogens is 1. The molecule has 1 atom stereocenters. The first-order valence-corrected chi connectivity index (χ1v) is 8.07. The van der Waals surface area contributed by atoms with E-state index in [0.29, 0.717) is 13.1 Å². The van der Waals surface area contributed by atoms with Gasteiger partial charge in [0.1, 0.15) is 0 Å². The van der Waals surface area contributed by atoms with Gasteiger partial charge in [-0.05, 0) is 30.9 Å². The molecule has 5 nitrogen and oxygen atoms in total. The lowest BCUT2D eigenvalue weighted by Gasteiger charge is -2.25. The van der Waals surface area contributed by atoms with Crippen molar-refractivity contribution in [3.05, 3.63) is 29.6 Å². The summed E-state index contributed by atoms with van der Waals surface area (Å²) in [7, 11) is -3.09. The highest BCUT2D eigenvalue weighted by molar-refractivity contribution is 7.88. The van der Waals surface area contributed by atoms with Crippen LogP contribution in [0.15, 0.2) is 18.3 Å². The lowest BCUT2D eigenvalue weighted by Crippen LogP contribution is -2.34. The van der Waals surface area contributed by atoms with Crippen LogP contribution in [-0.4, -0.2) is 32.7 Å². The second-order valence-corrected chi connectivity index (χ2v) is 6.45. The number of pyridine rings is 1. The summed E-state index contributed by atoms with van der Waals surface area (Å²) in [4.78, 5) is 4.43. The number of nitrogens with zero attached hydrogens (tertiary/aromatic N) is 1. The summed E-state index contributed by atoms with van der Waals surface area (Å²) in [6.45, 7) is 1.03. The molecule has 0 saturated carbocycles. The minimum absolute atomic E-state index is 0.247. The molecule has 2 rings (SSSR count). The van der Waals surface area contributed by atoms with Crippen LogP contribution in [0.5, 0.6) is 0 Å². The van der Waals surface area contributed by atoms with E-state index in [1.807, 2.05) is 12.3 Å². The zero-order chi connectivity index (χ0) is 13.0. The maximum atomic E-state index is 10.9. The van der Waals surface area contributed by atoms with Crippen molar-refractivity contribution >= 4 is 10.0 Å². The standard InChI is InChI=1S/C12H19N3O2S/c1-18(16,17)15-9-8-13-11-6-2-4-10-5-3-7-14-12(10)11/h3,5,7,11,13,15H,2,4,6,8-9H2,1H3. The Kier molecular flexibility index (Phi) is 4.31. The first-order chi connectivity index (χ1) is 8.56. The molecule has 1 aliphatic carbocycles. The first kappa shape index (κ1) is 13.5. The number of hydrogen-bond donors (Lipinski definition) is 2. The number of nitrogens with one attached hydrogen (secondary N) is 2. The van der Waals surface area contributed by atoms with Crippen LogP contribution in [0.1, 0.15) is 30.1 Å². The van der Waals surface area contributed by atoms with Crippen molar-refractivity contribution in [2.75, 3.05) is 19.3 Å². The smallest absolute Gasteiger partial charge is 0.208 e. The number of fused-ring (bicyclic) bond motifs is 1. The Morgan fingerprint density at radius 3 is 3.06 bits per heavy atom. The minimum atomic E-state index is -3.09. The van der Waals surface area contributed by atoms with E-state index in [1.165, 1.54) is 11.8 Å². The van der Waals surface area contributed by atoms with E-state index in [0.717, 1.165) is 25.0 Å². The van der Waals surface area contributed by atoms with Gasteiger partial charge in [-0.2, -0.15) is 0 Å². The van der Waals surface area contributed by atoms with Gasteiger partial charge in [0.15, 0.2) is 0 Å². The lowest BCUT2D eigenvalue weighted by molar-refractivity contribution is 0.450. The van der Waals surface area contributed by atoms with Gasteiger partial charge in [-0.1, -0.05) is 6.07 Å². The highest BCUT2D eigenvalue weighted by atomic mass is 32.2. The van der Waals surface area contributed by atoms with Crippen molar-refractivity contribution in [2.24, 2.45) is 0 Å². The SMILES string of the molecule is CS(=O)(=O)NCCNC1CCCc2cccnc21. The molecule has 18 heavy (non-hydrogen) atoms.